The van der Waals surface area contributed by atoms with Crippen molar-refractivity contribution in [3.63, 3.8) is 0 Å². The molecule has 0 aromatic rings. The van der Waals surface area contributed by atoms with Gasteiger partial charge in [-0.1, -0.05) is 0 Å². The molecule has 0 saturated heterocycles. The average molecular weight is 160 g/mol. The second-order valence-electron chi connectivity index (χ2n) is 2.37. The van der Waals surface area contributed by atoms with Crippen LogP contribution in [0, 0.1) is 0 Å². The highest BCUT2D eigenvalue weighted by Crippen LogP contribution is 1.95. The van der Waals surface area contributed by atoms with Crippen LogP contribution in [0.2, 0.25) is 0 Å². The molecule has 4 nitrogen and oxygen atoms in total. The Labute approximate surface area is 65.2 Å². The van der Waals surface area contributed by atoms with E-state index in [4.69, 9.17) is 5.11 Å². The van der Waals surface area contributed by atoms with Gasteiger partial charge in [0.25, 0.3) is 0 Å². The summed E-state index contributed by atoms with van der Waals surface area (Å²) in [5, 5.41) is 8.67. The Hall–Kier alpha value is -0.900. The van der Waals surface area contributed by atoms with Crippen molar-refractivity contribution in [2.75, 3.05) is 0 Å². The van der Waals surface area contributed by atoms with Gasteiger partial charge in [-0.15, -0.1) is 0 Å². The highest BCUT2D eigenvalue weighted by Gasteiger charge is 2.16. The molecule has 0 spiro atoms. The molecule has 0 fully saturated rings. The van der Waals surface area contributed by atoms with Crippen molar-refractivity contribution < 1.29 is 19.4 Å². The first-order valence-electron chi connectivity index (χ1n) is 3.34. The Morgan fingerprint density at radius 2 is 1.82 bits per heavy atom. The summed E-state index contributed by atoms with van der Waals surface area (Å²) in [7, 11) is 0. The number of aliphatic hydroxyl groups is 1. The fraction of sp³-hybridized carbons (Fsp3) is 0.714. The maximum absolute atomic E-state index is 10.6. The lowest BCUT2D eigenvalue weighted by Crippen LogP contribution is -2.27. The van der Waals surface area contributed by atoms with Gasteiger partial charge >= 0.3 is 5.97 Å². The number of aliphatic hydroxyl groups excluding tert-OH is 1. The van der Waals surface area contributed by atoms with Gasteiger partial charge in [0, 0.05) is 0 Å². The van der Waals surface area contributed by atoms with E-state index >= 15 is 0 Å². The fourth-order valence-corrected chi connectivity index (χ4v) is 0.356. The van der Waals surface area contributed by atoms with E-state index in [9.17, 15) is 9.59 Å². The minimum Gasteiger partial charge on any atom is -0.453 e. The second kappa shape index (κ2) is 4.08. The van der Waals surface area contributed by atoms with Crippen LogP contribution in [0.3, 0.4) is 0 Å². The van der Waals surface area contributed by atoms with Gasteiger partial charge < -0.3 is 9.84 Å². The van der Waals surface area contributed by atoms with Crippen LogP contribution in [0.5, 0.6) is 0 Å². The molecule has 0 rings (SSSR count). The number of ether oxygens (including phenoxy) is 1. The Kier molecular flexibility index (Phi) is 3.74. The molecule has 0 radical (unpaired) electrons. The molecule has 0 aromatic heterocycles. The number of hydrogen-bond donors (Lipinski definition) is 1. The molecule has 1 N–H and O–H groups in total. The monoisotopic (exact) mass is 160 g/mol. The van der Waals surface area contributed by atoms with Crippen molar-refractivity contribution in [3.05, 3.63) is 0 Å². The first kappa shape index (κ1) is 10.1. The third kappa shape index (κ3) is 3.72. The number of carbonyl (C=O) groups excluding carboxylic acids is 2. The second-order valence-corrected chi connectivity index (χ2v) is 2.37. The maximum atomic E-state index is 10.6. The summed E-state index contributed by atoms with van der Waals surface area (Å²) in [6.07, 6.45) is -1.94. The average Bonchev–Trinajstić information content (AvgIpc) is 1.87. The number of Topliss-reactive ketones (excluding diaryl/α,β-unsaturated/α-hetero) is 1. The highest BCUT2D eigenvalue weighted by molar-refractivity contribution is 5.84. The summed E-state index contributed by atoms with van der Waals surface area (Å²) in [4.78, 5) is 21.2. The molecular formula is C7H12O4. The predicted octanol–water partition coefficient (Wildman–Crippen LogP) is -0.112. The lowest BCUT2D eigenvalue weighted by Gasteiger charge is -2.10. The third-order valence-corrected chi connectivity index (χ3v) is 1.21. The number of carbonyl (C=O) groups is 2. The Bertz CT molecular complexity index is 162. The van der Waals surface area contributed by atoms with Crippen molar-refractivity contribution in [1.82, 2.24) is 0 Å². The van der Waals surface area contributed by atoms with Crippen molar-refractivity contribution in [3.8, 4) is 0 Å². The Morgan fingerprint density at radius 1 is 1.36 bits per heavy atom. The van der Waals surface area contributed by atoms with Crippen LogP contribution in [-0.4, -0.2) is 29.1 Å². The molecule has 0 aromatic carbocycles. The first-order chi connectivity index (χ1) is 4.95. The van der Waals surface area contributed by atoms with Crippen molar-refractivity contribution in [2.24, 2.45) is 0 Å². The molecule has 64 valence electrons. The number of hydrogen-bond acceptors (Lipinski definition) is 4. The zero-order valence-electron chi connectivity index (χ0n) is 6.83. The quantitative estimate of drug-likeness (QED) is 0.585. The van der Waals surface area contributed by atoms with Crippen LogP contribution in [-0.2, 0) is 14.3 Å². The van der Waals surface area contributed by atoms with Crippen molar-refractivity contribution in [2.45, 2.75) is 33.0 Å². The first-order valence-corrected chi connectivity index (χ1v) is 3.34. The lowest BCUT2D eigenvalue weighted by molar-refractivity contribution is -0.160. The normalized spacial score (nSPS) is 15.3. The van der Waals surface area contributed by atoms with Crippen LogP contribution in [0.25, 0.3) is 0 Å². The van der Waals surface area contributed by atoms with Crippen LogP contribution in [0.15, 0.2) is 0 Å². The molecule has 2 unspecified atom stereocenters. The molecular weight excluding hydrogens is 148 g/mol. The van der Waals surface area contributed by atoms with E-state index < -0.39 is 18.2 Å². The Balaban J connectivity index is 3.85. The van der Waals surface area contributed by atoms with Gasteiger partial charge in [0.05, 0.1) is 0 Å². The fourth-order valence-electron chi connectivity index (χ4n) is 0.356. The van der Waals surface area contributed by atoms with Crippen LogP contribution in [0.1, 0.15) is 20.8 Å². The number of rotatable bonds is 3. The summed E-state index contributed by atoms with van der Waals surface area (Å²) in [6, 6.07) is 0. The van der Waals surface area contributed by atoms with E-state index in [-0.39, 0.29) is 5.78 Å². The minimum atomic E-state index is -1.17. The molecule has 0 aliphatic carbocycles. The van der Waals surface area contributed by atoms with Crippen molar-refractivity contribution >= 4 is 11.8 Å². The van der Waals surface area contributed by atoms with E-state index in [0.717, 1.165) is 0 Å². The topological polar surface area (TPSA) is 63.6 Å². The van der Waals surface area contributed by atoms with Gasteiger partial charge in [0.1, 0.15) is 6.10 Å². The smallest absolute Gasteiger partial charge is 0.335 e. The third-order valence-electron chi connectivity index (χ3n) is 1.21. The minimum absolute atomic E-state index is 0.237. The van der Waals surface area contributed by atoms with Gasteiger partial charge in [0.2, 0.25) is 0 Å². The molecule has 0 heterocycles. The molecule has 2 atom stereocenters. The van der Waals surface area contributed by atoms with E-state index in [0.29, 0.717) is 0 Å². The zero-order valence-corrected chi connectivity index (χ0v) is 6.83. The lowest BCUT2D eigenvalue weighted by atomic mass is 10.3. The standard InChI is InChI=1S/C7H12O4/c1-4(8)6(3)11-7(10)5(2)9/h5-6,9H,1-3H3. The summed E-state index contributed by atoms with van der Waals surface area (Å²) < 4.78 is 4.53. The predicted molar refractivity (Wildman–Crippen MR) is 37.9 cm³/mol. The number of esters is 1. The molecule has 4 heteroatoms. The Morgan fingerprint density at radius 3 is 2.09 bits per heavy atom. The zero-order chi connectivity index (χ0) is 9.02. The molecule has 0 saturated carbocycles. The van der Waals surface area contributed by atoms with Crippen molar-refractivity contribution in [1.29, 1.82) is 0 Å². The van der Waals surface area contributed by atoms with E-state index in [1.54, 1.807) is 0 Å². The van der Waals surface area contributed by atoms with Gasteiger partial charge in [-0.05, 0) is 20.8 Å². The molecule has 11 heavy (non-hydrogen) atoms. The SMILES string of the molecule is CC(=O)C(C)OC(=O)C(C)O. The van der Waals surface area contributed by atoms with Crippen LogP contribution >= 0.6 is 0 Å². The maximum Gasteiger partial charge on any atom is 0.335 e. The highest BCUT2D eigenvalue weighted by atomic mass is 16.6. The van der Waals surface area contributed by atoms with Crippen LogP contribution in [0.4, 0.5) is 0 Å². The van der Waals surface area contributed by atoms with Gasteiger partial charge in [0.15, 0.2) is 11.9 Å². The molecule has 0 bridgehead atoms. The van der Waals surface area contributed by atoms with Crippen LogP contribution < -0.4 is 0 Å². The van der Waals surface area contributed by atoms with Gasteiger partial charge in [-0.2, -0.15) is 0 Å². The van der Waals surface area contributed by atoms with Gasteiger partial charge in [-0.3, -0.25) is 4.79 Å². The number of ketones is 1. The van der Waals surface area contributed by atoms with E-state index in [1.807, 2.05) is 0 Å². The summed E-state index contributed by atoms with van der Waals surface area (Å²) in [5.74, 6) is -1.01. The molecule has 0 amide bonds. The van der Waals surface area contributed by atoms with E-state index in [1.165, 1.54) is 20.8 Å². The molecule has 0 aliphatic heterocycles. The molecule has 0 aliphatic rings. The summed E-state index contributed by atoms with van der Waals surface area (Å²) in [5.41, 5.74) is 0. The van der Waals surface area contributed by atoms with E-state index in [2.05, 4.69) is 4.74 Å². The summed E-state index contributed by atoms with van der Waals surface area (Å²) >= 11 is 0. The van der Waals surface area contributed by atoms with Gasteiger partial charge in [-0.25, -0.2) is 4.79 Å². The summed E-state index contributed by atoms with van der Waals surface area (Å²) in [6.45, 7) is 4.07. The largest absolute Gasteiger partial charge is 0.453 e.